The molecule has 0 atom stereocenters. The smallest absolute Gasteiger partial charge is 0.258 e. The lowest BCUT2D eigenvalue weighted by Gasteiger charge is -2.35. The van der Waals surface area contributed by atoms with Crippen LogP contribution in [0.2, 0.25) is 0 Å². The number of alkyl halides is 2. The van der Waals surface area contributed by atoms with E-state index in [1.165, 1.54) is 35.9 Å². The van der Waals surface area contributed by atoms with Crippen molar-refractivity contribution in [1.82, 2.24) is 19.6 Å². The number of aromatic nitrogens is 4. The molecular formula is C26H32F2N8O4S. The van der Waals surface area contributed by atoms with Gasteiger partial charge in [0.2, 0.25) is 10.0 Å². The van der Waals surface area contributed by atoms with Crippen LogP contribution in [0.25, 0.3) is 5.65 Å². The van der Waals surface area contributed by atoms with Gasteiger partial charge in [0, 0.05) is 39.0 Å². The van der Waals surface area contributed by atoms with Crippen LogP contribution in [0.5, 0.6) is 0 Å². The van der Waals surface area contributed by atoms with Crippen molar-refractivity contribution in [3.63, 3.8) is 0 Å². The number of piperidine rings is 2. The number of amides is 1. The predicted octanol–water partition coefficient (Wildman–Crippen LogP) is 2.73. The first-order valence-corrected chi connectivity index (χ1v) is 15.4. The van der Waals surface area contributed by atoms with Crippen molar-refractivity contribution in [3.8, 4) is 0 Å². The highest BCUT2D eigenvalue weighted by Gasteiger charge is 2.44. The first kappa shape index (κ1) is 27.6. The standard InChI is InChI=1S/C26H32F2N8O4S/c27-26(28)7-11-35(12-8-26)23-22-29-17-30-36(22)16-21(31-23)32-24(38)19-2-1-18(33-41(39,40)14-13-37)15-20(19)34-9-5-25(3-4-25)6-10-34/h1-2,15-17,33,37H,3-14H2,(H,32,38). The minimum atomic E-state index is -3.76. The molecular weight excluding hydrogens is 558 g/mol. The fraction of sp³-hybridized carbons (Fsp3) is 0.538. The zero-order valence-corrected chi connectivity index (χ0v) is 23.2. The Bertz CT molecular complexity index is 1560. The lowest BCUT2D eigenvalue weighted by Crippen LogP contribution is -2.40. The molecule has 3 N–H and O–H groups in total. The number of anilines is 4. The number of benzene rings is 1. The van der Waals surface area contributed by atoms with E-state index >= 15 is 0 Å². The number of fused-ring (bicyclic) bond motifs is 1. The van der Waals surface area contributed by atoms with Crippen LogP contribution < -0.4 is 19.8 Å². The van der Waals surface area contributed by atoms with E-state index in [1.807, 2.05) is 0 Å². The molecule has 0 unspecified atom stereocenters. The molecule has 6 rings (SSSR count). The van der Waals surface area contributed by atoms with Gasteiger partial charge in [-0.05, 0) is 49.3 Å². The molecule has 1 saturated carbocycles. The molecule has 3 aliphatic rings. The highest BCUT2D eigenvalue weighted by atomic mass is 32.2. The topological polar surface area (TPSA) is 145 Å². The third kappa shape index (κ3) is 5.91. The van der Waals surface area contributed by atoms with Crippen LogP contribution in [0.1, 0.15) is 48.9 Å². The summed E-state index contributed by atoms with van der Waals surface area (Å²) in [5.41, 5.74) is 2.01. The number of sulfonamides is 1. The van der Waals surface area contributed by atoms with Gasteiger partial charge in [0.15, 0.2) is 17.3 Å². The fourth-order valence-electron chi connectivity index (χ4n) is 5.61. The quantitative estimate of drug-likeness (QED) is 0.361. The second-order valence-electron chi connectivity index (χ2n) is 11.1. The zero-order chi connectivity index (χ0) is 28.8. The Hall–Kier alpha value is -3.59. The van der Waals surface area contributed by atoms with Crippen LogP contribution in [-0.2, 0) is 10.0 Å². The Labute approximate surface area is 235 Å². The SMILES string of the molecule is O=C(Nc1cn2ncnc2c(N2CCC(F)(F)CC2)n1)c1ccc(NS(=O)(=O)CCO)cc1N1CCC2(CC1)CC2. The average Bonchev–Trinajstić information content (AvgIpc) is 3.50. The molecule has 0 radical (unpaired) electrons. The Kier molecular flexibility index (Phi) is 6.96. The van der Waals surface area contributed by atoms with Crippen LogP contribution >= 0.6 is 0 Å². The second kappa shape index (κ2) is 10.4. The summed E-state index contributed by atoms with van der Waals surface area (Å²) in [6, 6.07) is 4.71. The number of rotatable bonds is 8. The van der Waals surface area contributed by atoms with E-state index in [1.54, 1.807) is 17.0 Å². The molecule has 2 saturated heterocycles. The molecule has 3 aromatic rings. The van der Waals surface area contributed by atoms with Gasteiger partial charge in [0.1, 0.15) is 6.33 Å². The molecule has 3 fully saturated rings. The van der Waals surface area contributed by atoms with Gasteiger partial charge in [-0.2, -0.15) is 5.10 Å². The number of aliphatic hydroxyl groups is 1. The number of carbonyl (C=O) groups is 1. The van der Waals surface area contributed by atoms with Gasteiger partial charge in [0.25, 0.3) is 11.8 Å². The first-order chi connectivity index (χ1) is 19.6. The molecule has 4 heterocycles. The number of hydrogen-bond donors (Lipinski definition) is 3. The summed E-state index contributed by atoms with van der Waals surface area (Å²) in [7, 11) is -3.76. The molecule has 1 amide bonds. The number of aliphatic hydroxyl groups excluding tert-OH is 1. The maximum absolute atomic E-state index is 13.8. The van der Waals surface area contributed by atoms with Crippen molar-refractivity contribution in [2.75, 3.05) is 58.4 Å². The Morgan fingerprint density at radius 3 is 2.41 bits per heavy atom. The second-order valence-corrected chi connectivity index (χ2v) is 13.0. The van der Waals surface area contributed by atoms with Crippen LogP contribution in [0.3, 0.4) is 0 Å². The van der Waals surface area contributed by atoms with Crippen LogP contribution in [0.4, 0.5) is 31.8 Å². The van der Waals surface area contributed by atoms with Crippen LogP contribution in [0.15, 0.2) is 30.7 Å². The molecule has 0 bridgehead atoms. The summed E-state index contributed by atoms with van der Waals surface area (Å²) in [4.78, 5) is 26.3. The van der Waals surface area contributed by atoms with Crippen LogP contribution in [0, 0.1) is 5.41 Å². The van der Waals surface area contributed by atoms with E-state index < -0.39 is 34.2 Å². The summed E-state index contributed by atoms with van der Waals surface area (Å²) in [6.07, 6.45) is 6.65. The average molecular weight is 591 g/mol. The van der Waals surface area contributed by atoms with Crippen LogP contribution in [-0.4, -0.2) is 83.5 Å². The van der Waals surface area contributed by atoms with E-state index in [2.05, 4.69) is 30.0 Å². The predicted molar refractivity (Wildman–Crippen MR) is 149 cm³/mol. The van der Waals surface area contributed by atoms with E-state index in [0.29, 0.717) is 33.8 Å². The Morgan fingerprint density at radius 2 is 1.73 bits per heavy atom. The van der Waals surface area contributed by atoms with Gasteiger partial charge in [-0.25, -0.2) is 31.7 Å². The number of carbonyl (C=O) groups excluding carboxylic acids is 1. The summed E-state index contributed by atoms with van der Waals surface area (Å²) in [5, 5.41) is 16.1. The zero-order valence-electron chi connectivity index (χ0n) is 22.4. The molecule has 41 heavy (non-hydrogen) atoms. The highest BCUT2D eigenvalue weighted by molar-refractivity contribution is 7.92. The van der Waals surface area contributed by atoms with Crippen molar-refractivity contribution in [1.29, 1.82) is 0 Å². The number of halogens is 2. The largest absolute Gasteiger partial charge is 0.395 e. The number of nitrogens with one attached hydrogen (secondary N) is 2. The maximum Gasteiger partial charge on any atom is 0.258 e. The third-order valence-corrected chi connectivity index (χ3v) is 9.54. The van der Waals surface area contributed by atoms with Crippen molar-refractivity contribution in [2.24, 2.45) is 5.41 Å². The minimum absolute atomic E-state index is 0.0914. The van der Waals surface area contributed by atoms with Crippen molar-refractivity contribution >= 4 is 44.6 Å². The van der Waals surface area contributed by atoms with E-state index in [0.717, 1.165) is 25.9 Å². The van der Waals surface area contributed by atoms with E-state index in [9.17, 15) is 22.0 Å². The van der Waals surface area contributed by atoms with Gasteiger partial charge in [-0.15, -0.1) is 0 Å². The van der Waals surface area contributed by atoms with Crippen molar-refractivity contribution in [3.05, 3.63) is 36.3 Å². The number of nitrogens with zero attached hydrogens (tertiary/aromatic N) is 6. The molecule has 1 spiro atoms. The lowest BCUT2D eigenvalue weighted by atomic mass is 9.93. The summed E-state index contributed by atoms with van der Waals surface area (Å²) < 4.78 is 56.1. The monoisotopic (exact) mass is 590 g/mol. The van der Waals surface area contributed by atoms with Gasteiger partial charge in [-0.3, -0.25) is 9.52 Å². The summed E-state index contributed by atoms with van der Waals surface area (Å²) in [6.45, 7) is 1.14. The van der Waals surface area contributed by atoms with Crippen molar-refractivity contribution in [2.45, 2.75) is 44.4 Å². The fourth-order valence-corrected chi connectivity index (χ4v) is 6.44. The molecule has 1 aromatic carbocycles. The molecule has 220 valence electrons. The van der Waals surface area contributed by atoms with Gasteiger partial charge >= 0.3 is 0 Å². The normalized spacial score (nSPS) is 19.9. The van der Waals surface area contributed by atoms with E-state index in [-0.39, 0.29) is 31.7 Å². The molecule has 2 aliphatic heterocycles. The Morgan fingerprint density at radius 1 is 1.02 bits per heavy atom. The minimum Gasteiger partial charge on any atom is -0.395 e. The first-order valence-electron chi connectivity index (χ1n) is 13.7. The van der Waals surface area contributed by atoms with E-state index in [4.69, 9.17) is 5.11 Å². The molecule has 12 nitrogen and oxygen atoms in total. The van der Waals surface area contributed by atoms with Gasteiger partial charge in [0.05, 0.1) is 35.5 Å². The third-order valence-electron chi connectivity index (χ3n) is 8.28. The molecule has 1 aliphatic carbocycles. The summed E-state index contributed by atoms with van der Waals surface area (Å²) >= 11 is 0. The van der Waals surface area contributed by atoms with Crippen molar-refractivity contribution < 1.29 is 27.1 Å². The molecule has 15 heteroatoms. The molecule has 2 aromatic heterocycles. The summed E-state index contributed by atoms with van der Waals surface area (Å²) in [5.74, 6) is -3.09. The van der Waals surface area contributed by atoms with Gasteiger partial charge < -0.3 is 20.2 Å². The van der Waals surface area contributed by atoms with Gasteiger partial charge in [-0.1, -0.05) is 0 Å². The maximum atomic E-state index is 13.8. The lowest BCUT2D eigenvalue weighted by molar-refractivity contribution is -0.0221. The highest BCUT2D eigenvalue weighted by Crippen LogP contribution is 2.54. The number of hydrogen-bond acceptors (Lipinski definition) is 9. The Balaban J connectivity index is 1.29.